The Bertz CT molecular complexity index is 520. The minimum Gasteiger partial charge on any atom is -0.215 e. The average molecular weight is 365 g/mol. The molecule has 0 N–H and O–H groups in total. The predicted octanol–water partition coefficient (Wildman–Crippen LogP) is 4.36. The average Bonchev–Trinajstić information content (AvgIpc) is 2.26. The zero-order valence-corrected chi connectivity index (χ0v) is 12.0. The van der Waals surface area contributed by atoms with E-state index in [1.807, 2.05) is 53.8 Å². The largest absolute Gasteiger partial charge is 0.215 e. The maximum absolute atomic E-state index is 5.98. The van der Waals surface area contributed by atoms with Crippen LogP contribution in [0, 0.1) is 10.5 Å². The molecule has 0 aliphatic heterocycles. The topological polar surface area (TPSA) is 25.8 Å². The van der Waals surface area contributed by atoms with Crippen molar-refractivity contribution in [1.29, 1.82) is 0 Å². The van der Waals surface area contributed by atoms with Gasteiger partial charge in [-0.25, -0.2) is 9.97 Å². The van der Waals surface area contributed by atoms with Gasteiger partial charge in [-0.2, -0.15) is 0 Å². The fourth-order valence-electron chi connectivity index (χ4n) is 1.34. The smallest absolute Gasteiger partial charge is 0.162 e. The number of aromatic nitrogens is 2. The van der Waals surface area contributed by atoms with Gasteiger partial charge in [0.05, 0.1) is 3.57 Å². The van der Waals surface area contributed by atoms with Crippen molar-refractivity contribution in [2.24, 2.45) is 0 Å². The summed E-state index contributed by atoms with van der Waals surface area (Å²) in [6.45, 7) is 2.00. The Hall–Kier alpha value is -0.390. The minimum atomic E-state index is 0.388. The van der Waals surface area contributed by atoms with Gasteiger partial charge in [0.15, 0.2) is 5.82 Å². The van der Waals surface area contributed by atoms with E-state index in [0.717, 1.165) is 11.1 Å². The highest BCUT2D eigenvalue weighted by Crippen LogP contribution is 2.27. The van der Waals surface area contributed by atoms with Gasteiger partial charge in [-0.3, -0.25) is 0 Å². The molecule has 0 unspecified atom stereocenters. The Morgan fingerprint density at radius 3 is 2.19 bits per heavy atom. The fourth-order valence-corrected chi connectivity index (χ4v) is 1.97. The van der Waals surface area contributed by atoms with Gasteiger partial charge >= 0.3 is 0 Å². The lowest BCUT2D eigenvalue weighted by atomic mass is 10.1. The molecule has 1 aromatic heterocycles. The van der Waals surface area contributed by atoms with Crippen LogP contribution in [0.2, 0.25) is 10.3 Å². The zero-order valence-electron chi connectivity index (χ0n) is 8.34. The van der Waals surface area contributed by atoms with Gasteiger partial charge in [0.25, 0.3) is 0 Å². The number of hydrogen-bond donors (Lipinski definition) is 0. The van der Waals surface area contributed by atoms with Gasteiger partial charge in [-0.15, -0.1) is 0 Å². The lowest BCUT2D eigenvalue weighted by Crippen LogP contribution is -1.95. The van der Waals surface area contributed by atoms with Crippen LogP contribution in [-0.4, -0.2) is 9.97 Å². The van der Waals surface area contributed by atoms with Crippen LogP contribution in [0.1, 0.15) is 5.56 Å². The van der Waals surface area contributed by atoms with Crippen molar-refractivity contribution in [3.8, 4) is 11.4 Å². The summed E-state index contributed by atoms with van der Waals surface area (Å²) in [6, 6.07) is 7.85. The molecule has 2 rings (SSSR count). The third-order valence-corrected chi connectivity index (χ3v) is 4.36. The molecule has 0 aliphatic rings. The minimum absolute atomic E-state index is 0.388. The van der Waals surface area contributed by atoms with Crippen LogP contribution >= 0.6 is 45.8 Å². The van der Waals surface area contributed by atoms with Gasteiger partial charge in [0.1, 0.15) is 10.3 Å². The molecule has 0 bridgehead atoms. The highest BCUT2D eigenvalue weighted by molar-refractivity contribution is 14.1. The Morgan fingerprint density at radius 2 is 1.62 bits per heavy atom. The summed E-state index contributed by atoms with van der Waals surface area (Å²) in [5, 5.41) is 0.776. The molecule has 0 atom stereocenters. The zero-order chi connectivity index (χ0) is 11.7. The lowest BCUT2D eigenvalue weighted by molar-refractivity contribution is 1.15. The Labute approximate surface area is 117 Å². The Morgan fingerprint density at radius 1 is 1.06 bits per heavy atom. The van der Waals surface area contributed by atoms with Crippen molar-refractivity contribution < 1.29 is 0 Å². The number of nitrogens with zero attached hydrogens (tertiary/aromatic N) is 2. The number of benzene rings is 1. The molecule has 2 aromatic rings. The summed E-state index contributed by atoms with van der Waals surface area (Å²) in [5.74, 6) is 0.563. The summed E-state index contributed by atoms with van der Waals surface area (Å²) >= 11 is 14.0. The maximum atomic E-state index is 5.98. The SMILES string of the molecule is Cc1ccccc1-c1nc(Cl)c(I)c(Cl)n1. The number of rotatable bonds is 1. The molecule has 0 fully saturated rings. The van der Waals surface area contributed by atoms with Crippen molar-refractivity contribution in [3.05, 3.63) is 43.7 Å². The summed E-state index contributed by atoms with van der Waals surface area (Å²) in [6.07, 6.45) is 0. The van der Waals surface area contributed by atoms with E-state index < -0.39 is 0 Å². The van der Waals surface area contributed by atoms with E-state index >= 15 is 0 Å². The predicted molar refractivity (Wildman–Crippen MR) is 74.9 cm³/mol. The molecular formula is C11H7Cl2IN2. The van der Waals surface area contributed by atoms with Gasteiger partial charge in [0, 0.05) is 5.56 Å². The van der Waals surface area contributed by atoms with E-state index in [9.17, 15) is 0 Å². The van der Waals surface area contributed by atoms with E-state index in [-0.39, 0.29) is 0 Å². The molecule has 82 valence electrons. The third kappa shape index (κ3) is 2.31. The second kappa shape index (κ2) is 4.85. The highest BCUT2D eigenvalue weighted by Gasteiger charge is 2.11. The molecule has 0 radical (unpaired) electrons. The molecular weight excluding hydrogens is 358 g/mol. The van der Waals surface area contributed by atoms with Crippen molar-refractivity contribution in [2.45, 2.75) is 6.92 Å². The number of halogens is 3. The van der Waals surface area contributed by atoms with E-state index in [1.54, 1.807) is 0 Å². The van der Waals surface area contributed by atoms with E-state index in [0.29, 0.717) is 19.7 Å². The normalized spacial score (nSPS) is 10.5. The third-order valence-electron chi connectivity index (χ3n) is 2.16. The number of aryl methyl sites for hydroxylation is 1. The molecule has 0 saturated heterocycles. The van der Waals surface area contributed by atoms with Gasteiger partial charge < -0.3 is 0 Å². The summed E-state index contributed by atoms with van der Waals surface area (Å²) in [7, 11) is 0. The first-order valence-electron chi connectivity index (χ1n) is 4.54. The highest BCUT2D eigenvalue weighted by atomic mass is 127. The van der Waals surface area contributed by atoms with Gasteiger partial charge in [0.2, 0.25) is 0 Å². The molecule has 16 heavy (non-hydrogen) atoms. The molecule has 0 spiro atoms. The molecule has 1 heterocycles. The first-order chi connectivity index (χ1) is 7.59. The fraction of sp³-hybridized carbons (Fsp3) is 0.0909. The van der Waals surface area contributed by atoms with Crippen molar-refractivity contribution >= 4 is 45.8 Å². The Kier molecular flexibility index (Phi) is 3.66. The Balaban J connectivity index is 2.62. The second-order valence-electron chi connectivity index (χ2n) is 3.26. The number of hydrogen-bond acceptors (Lipinski definition) is 2. The van der Waals surface area contributed by atoms with Crippen LogP contribution < -0.4 is 0 Å². The van der Waals surface area contributed by atoms with Gasteiger partial charge in [-0.05, 0) is 35.1 Å². The van der Waals surface area contributed by atoms with Crippen molar-refractivity contribution in [2.75, 3.05) is 0 Å². The van der Waals surface area contributed by atoms with E-state index in [1.165, 1.54) is 0 Å². The molecule has 0 amide bonds. The van der Waals surface area contributed by atoms with Crippen molar-refractivity contribution in [3.63, 3.8) is 0 Å². The maximum Gasteiger partial charge on any atom is 0.162 e. The van der Waals surface area contributed by atoms with Crippen molar-refractivity contribution in [1.82, 2.24) is 9.97 Å². The van der Waals surface area contributed by atoms with Crippen LogP contribution in [0.15, 0.2) is 24.3 Å². The lowest BCUT2D eigenvalue weighted by Gasteiger charge is -2.06. The van der Waals surface area contributed by atoms with E-state index in [4.69, 9.17) is 23.2 Å². The molecule has 0 aliphatic carbocycles. The van der Waals surface area contributed by atoms with Crippen LogP contribution in [0.25, 0.3) is 11.4 Å². The second-order valence-corrected chi connectivity index (χ2v) is 5.05. The molecule has 0 saturated carbocycles. The molecule has 5 heteroatoms. The van der Waals surface area contributed by atoms with Crippen LogP contribution in [0.5, 0.6) is 0 Å². The molecule has 2 nitrogen and oxygen atoms in total. The summed E-state index contributed by atoms with van der Waals surface area (Å²) < 4.78 is 0.679. The van der Waals surface area contributed by atoms with Crippen LogP contribution in [0.4, 0.5) is 0 Å². The first-order valence-corrected chi connectivity index (χ1v) is 6.37. The summed E-state index contributed by atoms with van der Waals surface area (Å²) in [4.78, 5) is 8.45. The molecule has 1 aromatic carbocycles. The van der Waals surface area contributed by atoms with Crippen LogP contribution in [0.3, 0.4) is 0 Å². The van der Waals surface area contributed by atoms with Crippen LogP contribution in [-0.2, 0) is 0 Å². The first kappa shape index (κ1) is 12.1. The van der Waals surface area contributed by atoms with E-state index in [2.05, 4.69) is 9.97 Å². The standard InChI is InChI=1S/C11H7Cl2IN2/c1-6-4-2-3-5-7(6)11-15-9(12)8(14)10(13)16-11/h2-5H,1H3. The quantitative estimate of drug-likeness (QED) is 0.554. The van der Waals surface area contributed by atoms with Gasteiger partial charge in [-0.1, -0.05) is 47.5 Å². The monoisotopic (exact) mass is 364 g/mol. The summed E-state index contributed by atoms with van der Waals surface area (Å²) in [5.41, 5.74) is 2.04.